The molecule has 1 saturated heterocycles. The number of piperazine rings is 1. The van der Waals surface area contributed by atoms with Crippen molar-refractivity contribution in [3.63, 3.8) is 0 Å². The lowest BCUT2D eigenvalue weighted by Gasteiger charge is -2.43. The van der Waals surface area contributed by atoms with E-state index in [4.69, 9.17) is 34.8 Å². The van der Waals surface area contributed by atoms with Crippen LogP contribution in [0.1, 0.15) is 29.9 Å². The van der Waals surface area contributed by atoms with Gasteiger partial charge in [0, 0.05) is 42.8 Å². The Hall–Kier alpha value is -3.28. The van der Waals surface area contributed by atoms with Gasteiger partial charge in [-0.3, -0.25) is 18.9 Å². The van der Waals surface area contributed by atoms with Crippen molar-refractivity contribution in [2.45, 2.75) is 19.4 Å². The fourth-order valence-electron chi connectivity index (χ4n) is 5.06. The van der Waals surface area contributed by atoms with Gasteiger partial charge in [0.2, 0.25) is 0 Å². The Bertz CT molecular complexity index is 1800. The molecule has 41 heavy (non-hydrogen) atoms. The first-order chi connectivity index (χ1) is 19.6. The number of nitrogens with zero attached hydrogens (tertiary/aromatic N) is 7. The smallest absolute Gasteiger partial charge is 0.271 e. The number of carbonyl (C=O) groups excluding carboxylic acids is 1. The first-order valence-electron chi connectivity index (χ1n) is 12.8. The van der Waals surface area contributed by atoms with Crippen molar-refractivity contribution in [2.75, 3.05) is 26.2 Å². The van der Waals surface area contributed by atoms with Crippen LogP contribution < -0.4 is 5.56 Å². The van der Waals surface area contributed by atoms with E-state index in [0.717, 1.165) is 17.0 Å². The Balaban J connectivity index is 1.20. The van der Waals surface area contributed by atoms with Crippen molar-refractivity contribution in [3.05, 3.63) is 96.9 Å². The number of halogens is 3. The topological polar surface area (TPSA) is 88.6 Å². The van der Waals surface area contributed by atoms with Crippen molar-refractivity contribution < 1.29 is 4.79 Å². The summed E-state index contributed by atoms with van der Waals surface area (Å²) < 4.78 is 3.07. The Morgan fingerprint density at radius 3 is 2.37 bits per heavy atom. The molecule has 0 radical (unpaired) electrons. The first-order valence-corrected chi connectivity index (χ1v) is 14.8. The summed E-state index contributed by atoms with van der Waals surface area (Å²) in [6.45, 7) is 6.16. The fourth-order valence-corrected chi connectivity index (χ4v) is 6.91. The second-order valence-corrected chi connectivity index (χ2v) is 12.3. The minimum Gasteiger partial charge on any atom is -0.336 e. The van der Waals surface area contributed by atoms with Gasteiger partial charge < -0.3 is 4.90 Å². The lowest BCUT2D eigenvalue weighted by Crippen LogP contribution is -2.55. The quantitative estimate of drug-likeness (QED) is 0.250. The molecule has 1 aliphatic rings. The highest BCUT2D eigenvalue weighted by Gasteiger charge is 2.36. The van der Waals surface area contributed by atoms with Gasteiger partial charge >= 0.3 is 0 Å². The summed E-state index contributed by atoms with van der Waals surface area (Å²) in [5.74, 6) is -0.322. The number of fused-ring (bicyclic) bond motifs is 1. The van der Waals surface area contributed by atoms with E-state index in [1.54, 1.807) is 27.9 Å². The van der Waals surface area contributed by atoms with Gasteiger partial charge in [0.1, 0.15) is 16.9 Å². The molecule has 9 nitrogen and oxygen atoms in total. The normalized spacial score (nSPS) is 14.6. The SMILES string of the molecule is CC(C)(c1cn(-c2c(Cl)cc(Cl)cc2Cl)nn1)N1CCN(C(=O)c2cnc3scc(-c4ccccc4)n3c2=O)CC1. The van der Waals surface area contributed by atoms with Crippen molar-refractivity contribution in [3.8, 4) is 16.9 Å². The molecule has 0 atom stereocenters. The number of aromatic nitrogens is 5. The molecule has 1 amide bonds. The van der Waals surface area contributed by atoms with E-state index in [1.807, 2.05) is 35.7 Å². The molecule has 13 heteroatoms. The molecule has 5 aromatic rings. The molecule has 0 saturated carbocycles. The maximum absolute atomic E-state index is 13.5. The molecule has 6 rings (SSSR count). The molecule has 2 aromatic carbocycles. The summed E-state index contributed by atoms with van der Waals surface area (Å²) in [6.07, 6.45) is 3.19. The zero-order valence-corrected chi connectivity index (χ0v) is 25.2. The maximum Gasteiger partial charge on any atom is 0.271 e. The van der Waals surface area contributed by atoms with Crippen LogP contribution >= 0.6 is 46.1 Å². The molecule has 3 aromatic heterocycles. The number of thiazole rings is 1. The van der Waals surface area contributed by atoms with Gasteiger partial charge in [0.05, 0.1) is 27.5 Å². The number of carbonyl (C=O) groups is 1. The van der Waals surface area contributed by atoms with Crippen LogP contribution in [0.2, 0.25) is 15.1 Å². The lowest BCUT2D eigenvalue weighted by atomic mass is 9.97. The van der Waals surface area contributed by atoms with E-state index < -0.39 is 5.54 Å². The second-order valence-electron chi connectivity index (χ2n) is 10.2. The van der Waals surface area contributed by atoms with Crippen LogP contribution in [0.15, 0.2) is 65.0 Å². The average molecular weight is 629 g/mol. The minimum absolute atomic E-state index is 0.0606. The van der Waals surface area contributed by atoms with E-state index in [1.165, 1.54) is 21.9 Å². The molecule has 210 valence electrons. The van der Waals surface area contributed by atoms with E-state index in [-0.39, 0.29) is 17.0 Å². The van der Waals surface area contributed by atoms with E-state index in [9.17, 15) is 9.59 Å². The number of benzene rings is 2. The van der Waals surface area contributed by atoms with Gasteiger partial charge in [-0.2, -0.15) is 0 Å². The highest BCUT2D eigenvalue weighted by Crippen LogP contribution is 2.34. The lowest BCUT2D eigenvalue weighted by molar-refractivity contribution is 0.0377. The van der Waals surface area contributed by atoms with Crippen LogP contribution in [-0.4, -0.2) is 66.3 Å². The molecule has 4 heterocycles. The third-order valence-corrected chi connectivity index (χ3v) is 9.07. The van der Waals surface area contributed by atoms with Crippen LogP contribution in [0.4, 0.5) is 0 Å². The van der Waals surface area contributed by atoms with Gasteiger partial charge in [-0.1, -0.05) is 70.3 Å². The fraction of sp³-hybridized carbons (Fsp3) is 0.250. The summed E-state index contributed by atoms with van der Waals surface area (Å²) in [5.41, 5.74) is 2.03. The molecular weight excluding hydrogens is 605 g/mol. The number of hydrogen-bond donors (Lipinski definition) is 0. The van der Waals surface area contributed by atoms with Crippen LogP contribution in [-0.2, 0) is 5.54 Å². The zero-order valence-electron chi connectivity index (χ0n) is 22.1. The Labute approximate surface area is 254 Å². The summed E-state index contributed by atoms with van der Waals surface area (Å²) in [5, 5.41) is 11.7. The average Bonchev–Trinajstić information content (AvgIpc) is 3.62. The van der Waals surface area contributed by atoms with Crippen molar-refractivity contribution >= 4 is 57.0 Å². The molecule has 0 N–H and O–H groups in total. The number of hydrogen-bond acceptors (Lipinski definition) is 7. The minimum atomic E-state index is -0.500. The molecule has 0 unspecified atom stereocenters. The molecule has 0 aliphatic carbocycles. The van der Waals surface area contributed by atoms with Crippen LogP contribution in [0, 0.1) is 0 Å². The standard InChI is InChI=1S/C28H24Cl3N7O2S/c1-28(2,23-15-37(34-33-23)24-20(30)12-18(29)13-21(24)31)36-10-8-35(9-11-36)25(39)19-14-32-27-38(26(19)40)22(16-41-27)17-6-4-3-5-7-17/h3-7,12-16H,8-11H2,1-2H3. The van der Waals surface area contributed by atoms with E-state index in [0.29, 0.717) is 51.9 Å². The third-order valence-electron chi connectivity index (χ3n) is 7.43. The highest BCUT2D eigenvalue weighted by atomic mass is 35.5. The zero-order chi connectivity index (χ0) is 28.9. The Morgan fingerprint density at radius 2 is 1.68 bits per heavy atom. The van der Waals surface area contributed by atoms with Crippen LogP contribution in [0.5, 0.6) is 0 Å². The molecule has 1 fully saturated rings. The predicted molar refractivity (Wildman–Crippen MR) is 162 cm³/mol. The molecular formula is C28H24Cl3N7O2S. The maximum atomic E-state index is 13.5. The van der Waals surface area contributed by atoms with Crippen LogP contribution in [0.25, 0.3) is 21.9 Å². The van der Waals surface area contributed by atoms with E-state index >= 15 is 0 Å². The van der Waals surface area contributed by atoms with Crippen LogP contribution in [0.3, 0.4) is 0 Å². The predicted octanol–water partition coefficient (Wildman–Crippen LogP) is 5.66. The summed E-state index contributed by atoms with van der Waals surface area (Å²) in [6, 6.07) is 12.8. The molecule has 0 bridgehead atoms. The summed E-state index contributed by atoms with van der Waals surface area (Å²) in [7, 11) is 0. The largest absolute Gasteiger partial charge is 0.336 e. The monoisotopic (exact) mass is 627 g/mol. The number of amides is 1. The van der Waals surface area contributed by atoms with Crippen molar-refractivity contribution in [1.29, 1.82) is 0 Å². The highest BCUT2D eigenvalue weighted by molar-refractivity contribution is 7.15. The van der Waals surface area contributed by atoms with Crippen molar-refractivity contribution in [2.24, 2.45) is 0 Å². The summed E-state index contributed by atoms with van der Waals surface area (Å²) >= 11 is 20.2. The van der Waals surface area contributed by atoms with Gasteiger partial charge in [0.25, 0.3) is 11.5 Å². The van der Waals surface area contributed by atoms with Gasteiger partial charge in [-0.05, 0) is 31.5 Å². The molecule has 1 aliphatic heterocycles. The third kappa shape index (κ3) is 5.04. The van der Waals surface area contributed by atoms with Gasteiger partial charge in [-0.15, -0.1) is 16.4 Å². The molecule has 0 spiro atoms. The first kappa shape index (κ1) is 27.9. The second kappa shape index (κ2) is 10.8. The number of rotatable bonds is 5. The van der Waals surface area contributed by atoms with E-state index in [2.05, 4.69) is 34.0 Å². The Kier molecular flexibility index (Phi) is 7.37. The van der Waals surface area contributed by atoms with Gasteiger partial charge in [0.15, 0.2) is 4.96 Å². The summed E-state index contributed by atoms with van der Waals surface area (Å²) in [4.78, 5) is 35.9. The van der Waals surface area contributed by atoms with Gasteiger partial charge in [-0.25, -0.2) is 9.67 Å². The van der Waals surface area contributed by atoms with Crippen molar-refractivity contribution in [1.82, 2.24) is 34.2 Å². The Morgan fingerprint density at radius 1 is 1.00 bits per heavy atom.